The lowest BCUT2D eigenvalue weighted by Gasteiger charge is -2.20. The van der Waals surface area contributed by atoms with Gasteiger partial charge in [0.05, 0.1) is 6.10 Å². The SMILES string of the molecule is O=C(N[C@H](C(=O)O)[C@H]1CCCO1)c1ccccc1. The average Bonchev–Trinajstić information content (AvgIpc) is 2.90. The molecule has 0 aromatic heterocycles. The number of nitrogens with one attached hydrogen (secondary N) is 1. The summed E-state index contributed by atoms with van der Waals surface area (Å²) in [6.45, 7) is 0.551. The molecule has 1 heterocycles. The first-order valence-electron chi connectivity index (χ1n) is 5.89. The number of hydrogen-bond donors (Lipinski definition) is 2. The molecule has 0 spiro atoms. The molecule has 2 N–H and O–H groups in total. The van der Waals surface area contributed by atoms with Crippen LogP contribution >= 0.6 is 0 Å². The Morgan fingerprint density at radius 1 is 1.33 bits per heavy atom. The Balaban J connectivity index is 2.05. The van der Waals surface area contributed by atoms with Gasteiger partial charge in [0.2, 0.25) is 0 Å². The van der Waals surface area contributed by atoms with E-state index in [9.17, 15) is 9.59 Å². The molecule has 1 aliphatic rings. The van der Waals surface area contributed by atoms with Crippen molar-refractivity contribution < 1.29 is 19.4 Å². The second-order valence-electron chi connectivity index (χ2n) is 4.21. The molecule has 0 saturated carbocycles. The molecule has 2 rings (SSSR count). The van der Waals surface area contributed by atoms with Crippen molar-refractivity contribution in [2.75, 3.05) is 6.61 Å². The molecule has 18 heavy (non-hydrogen) atoms. The van der Waals surface area contributed by atoms with Gasteiger partial charge in [0.1, 0.15) is 0 Å². The maximum absolute atomic E-state index is 11.9. The number of carbonyl (C=O) groups is 2. The Bertz CT molecular complexity index is 426. The number of rotatable bonds is 4. The van der Waals surface area contributed by atoms with Gasteiger partial charge in [-0.15, -0.1) is 0 Å². The first-order chi connectivity index (χ1) is 8.68. The molecule has 0 unspecified atom stereocenters. The summed E-state index contributed by atoms with van der Waals surface area (Å²) < 4.78 is 5.32. The summed E-state index contributed by atoms with van der Waals surface area (Å²) in [7, 11) is 0. The van der Waals surface area contributed by atoms with Gasteiger partial charge < -0.3 is 15.2 Å². The maximum atomic E-state index is 11.9. The summed E-state index contributed by atoms with van der Waals surface area (Å²) in [5.41, 5.74) is 0.446. The van der Waals surface area contributed by atoms with Crippen molar-refractivity contribution in [1.82, 2.24) is 5.32 Å². The fourth-order valence-corrected chi connectivity index (χ4v) is 1.99. The molecule has 1 saturated heterocycles. The van der Waals surface area contributed by atoms with Crippen LogP contribution in [0, 0.1) is 0 Å². The fourth-order valence-electron chi connectivity index (χ4n) is 1.99. The van der Waals surface area contributed by atoms with Crippen molar-refractivity contribution in [1.29, 1.82) is 0 Å². The first kappa shape index (κ1) is 12.6. The zero-order valence-electron chi connectivity index (χ0n) is 9.83. The van der Waals surface area contributed by atoms with Gasteiger partial charge in [0.15, 0.2) is 6.04 Å². The summed E-state index contributed by atoms with van der Waals surface area (Å²) >= 11 is 0. The highest BCUT2D eigenvalue weighted by atomic mass is 16.5. The van der Waals surface area contributed by atoms with Gasteiger partial charge in [0, 0.05) is 12.2 Å². The monoisotopic (exact) mass is 249 g/mol. The Kier molecular flexibility index (Phi) is 3.94. The minimum atomic E-state index is -1.06. The summed E-state index contributed by atoms with van der Waals surface area (Å²) in [4.78, 5) is 23.0. The van der Waals surface area contributed by atoms with Gasteiger partial charge in [-0.3, -0.25) is 4.79 Å². The molecule has 96 valence electrons. The Morgan fingerprint density at radius 3 is 2.61 bits per heavy atom. The number of benzene rings is 1. The Hall–Kier alpha value is -1.88. The molecule has 0 radical (unpaired) electrons. The third-order valence-corrected chi connectivity index (χ3v) is 2.93. The predicted molar refractivity (Wildman–Crippen MR) is 64.3 cm³/mol. The zero-order chi connectivity index (χ0) is 13.0. The number of carboxylic acids is 1. The number of aliphatic carboxylic acids is 1. The Morgan fingerprint density at radius 2 is 2.06 bits per heavy atom. The topological polar surface area (TPSA) is 75.6 Å². The van der Waals surface area contributed by atoms with Crippen LogP contribution in [0.1, 0.15) is 23.2 Å². The van der Waals surface area contributed by atoms with Crippen molar-refractivity contribution in [3.05, 3.63) is 35.9 Å². The lowest BCUT2D eigenvalue weighted by molar-refractivity contribution is -0.142. The van der Waals surface area contributed by atoms with Crippen LogP contribution in [0.3, 0.4) is 0 Å². The van der Waals surface area contributed by atoms with Crippen LogP contribution in [0.15, 0.2) is 30.3 Å². The Labute approximate surface area is 105 Å². The van der Waals surface area contributed by atoms with E-state index >= 15 is 0 Å². The van der Waals surface area contributed by atoms with Crippen LogP contribution in [-0.2, 0) is 9.53 Å². The minimum absolute atomic E-state index is 0.390. The smallest absolute Gasteiger partial charge is 0.328 e. The van der Waals surface area contributed by atoms with Gasteiger partial charge in [-0.1, -0.05) is 18.2 Å². The van der Waals surface area contributed by atoms with E-state index in [1.807, 2.05) is 0 Å². The highest BCUT2D eigenvalue weighted by Gasteiger charge is 2.33. The second kappa shape index (κ2) is 5.64. The van der Waals surface area contributed by atoms with Crippen LogP contribution in [0.25, 0.3) is 0 Å². The average molecular weight is 249 g/mol. The van der Waals surface area contributed by atoms with Crippen LogP contribution in [0.4, 0.5) is 0 Å². The second-order valence-corrected chi connectivity index (χ2v) is 4.21. The van der Waals surface area contributed by atoms with Crippen LogP contribution in [0.5, 0.6) is 0 Å². The van der Waals surface area contributed by atoms with Gasteiger partial charge in [0.25, 0.3) is 5.91 Å². The number of carbonyl (C=O) groups excluding carboxylic acids is 1. The van der Waals surface area contributed by atoms with E-state index in [-0.39, 0.29) is 0 Å². The molecule has 0 bridgehead atoms. The molecule has 2 atom stereocenters. The third kappa shape index (κ3) is 2.87. The molecule has 1 amide bonds. The normalized spacial score (nSPS) is 20.3. The molecule has 1 aromatic carbocycles. The molecule has 1 aromatic rings. The molecule has 5 nitrogen and oxygen atoms in total. The van der Waals surface area contributed by atoms with Gasteiger partial charge >= 0.3 is 5.97 Å². The summed E-state index contributed by atoms with van der Waals surface area (Å²) in [5, 5.41) is 11.6. The molecule has 5 heteroatoms. The van der Waals surface area contributed by atoms with Gasteiger partial charge in [-0.2, -0.15) is 0 Å². The number of amides is 1. The van der Waals surface area contributed by atoms with Crippen LogP contribution < -0.4 is 5.32 Å². The maximum Gasteiger partial charge on any atom is 0.328 e. The molecule has 0 aliphatic carbocycles. The number of hydrogen-bond acceptors (Lipinski definition) is 3. The van der Waals surface area contributed by atoms with Crippen molar-refractivity contribution in [2.45, 2.75) is 25.0 Å². The van der Waals surface area contributed by atoms with Crippen molar-refractivity contribution >= 4 is 11.9 Å². The largest absolute Gasteiger partial charge is 0.480 e. The summed E-state index contributed by atoms with van der Waals surface area (Å²) in [5.74, 6) is -1.45. The molecular weight excluding hydrogens is 234 g/mol. The van der Waals surface area contributed by atoms with E-state index in [1.54, 1.807) is 30.3 Å². The van der Waals surface area contributed by atoms with E-state index < -0.39 is 24.0 Å². The molecule has 1 fully saturated rings. The van der Waals surface area contributed by atoms with Crippen LogP contribution in [-0.4, -0.2) is 35.7 Å². The third-order valence-electron chi connectivity index (χ3n) is 2.93. The lowest BCUT2D eigenvalue weighted by Crippen LogP contribution is -2.48. The molecular formula is C13H15NO4. The summed E-state index contributed by atoms with van der Waals surface area (Å²) in [6.07, 6.45) is 1.05. The highest BCUT2D eigenvalue weighted by molar-refractivity contribution is 5.96. The fraction of sp³-hybridized carbons (Fsp3) is 0.385. The highest BCUT2D eigenvalue weighted by Crippen LogP contribution is 2.16. The van der Waals surface area contributed by atoms with E-state index in [2.05, 4.69) is 5.32 Å². The quantitative estimate of drug-likeness (QED) is 0.836. The zero-order valence-corrected chi connectivity index (χ0v) is 9.83. The van der Waals surface area contributed by atoms with E-state index in [0.717, 1.165) is 6.42 Å². The first-order valence-corrected chi connectivity index (χ1v) is 5.89. The van der Waals surface area contributed by atoms with Crippen molar-refractivity contribution in [2.24, 2.45) is 0 Å². The van der Waals surface area contributed by atoms with Gasteiger partial charge in [-0.05, 0) is 25.0 Å². The van der Waals surface area contributed by atoms with E-state index in [4.69, 9.17) is 9.84 Å². The van der Waals surface area contributed by atoms with Crippen LogP contribution in [0.2, 0.25) is 0 Å². The van der Waals surface area contributed by atoms with Crippen molar-refractivity contribution in [3.8, 4) is 0 Å². The standard InChI is InChI=1S/C13H15NO4/c15-12(9-5-2-1-3-6-9)14-11(13(16)17)10-7-4-8-18-10/h1-3,5-6,10-11H,4,7-8H2,(H,14,15)(H,16,17)/t10-,11+/m1/s1. The predicted octanol–water partition coefficient (Wildman–Crippen LogP) is 1.05. The van der Waals surface area contributed by atoms with E-state index in [0.29, 0.717) is 18.6 Å². The number of ether oxygens (including phenoxy) is 1. The minimum Gasteiger partial charge on any atom is -0.480 e. The van der Waals surface area contributed by atoms with Gasteiger partial charge in [-0.25, -0.2) is 4.79 Å². The molecule has 1 aliphatic heterocycles. The lowest BCUT2D eigenvalue weighted by atomic mass is 10.1. The van der Waals surface area contributed by atoms with E-state index in [1.165, 1.54) is 0 Å². The van der Waals surface area contributed by atoms with Crippen molar-refractivity contribution in [3.63, 3.8) is 0 Å². The summed E-state index contributed by atoms with van der Waals surface area (Å²) in [6, 6.07) is 7.56. The number of carboxylic acid groups (broad SMARTS) is 1.